The van der Waals surface area contributed by atoms with E-state index in [0.717, 1.165) is 0 Å². The number of nitrogens with one attached hydrogen (secondary N) is 1. The maximum absolute atomic E-state index is 14.2. The summed E-state index contributed by atoms with van der Waals surface area (Å²) in [5.41, 5.74) is -1.26. The lowest BCUT2D eigenvalue weighted by atomic mass is 9.78. The van der Waals surface area contributed by atoms with Crippen LogP contribution in [0.5, 0.6) is 0 Å². The minimum atomic E-state index is -0.974. The Balaban J connectivity index is 2.96. The molecule has 1 amide bonds. The zero-order chi connectivity index (χ0) is 17.5. The lowest BCUT2D eigenvalue weighted by molar-refractivity contribution is 0.0488. The molecule has 23 heavy (non-hydrogen) atoms. The molecule has 0 radical (unpaired) electrons. The molecule has 0 saturated heterocycles. The van der Waals surface area contributed by atoms with Crippen LogP contribution < -0.4 is 5.32 Å². The van der Waals surface area contributed by atoms with Gasteiger partial charge in [-0.05, 0) is 38.8 Å². The van der Waals surface area contributed by atoms with Crippen LogP contribution in [0, 0.1) is 5.82 Å². The van der Waals surface area contributed by atoms with Gasteiger partial charge in [0.05, 0.1) is 6.61 Å². The number of hydrogen-bond acceptors (Lipinski definition) is 4. The molecule has 0 fully saturated rings. The Kier molecular flexibility index (Phi) is 6.97. The van der Waals surface area contributed by atoms with Gasteiger partial charge >= 0.3 is 6.09 Å². The molecular weight excluding hydrogens is 301 g/mol. The van der Waals surface area contributed by atoms with Crippen molar-refractivity contribution in [2.45, 2.75) is 38.2 Å². The number of aliphatic hydroxyl groups is 1. The maximum atomic E-state index is 14.2. The summed E-state index contributed by atoms with van der Waals surface area (Å²) < 4.78 is 24.5. The number of ether oxygens (including phenoxy) is 2. The SMILES string of the molecule is COCCC(CO)(CNC(=O)OC(C)(C)C)c1ccccc1F. The molecule has 0 bridgehead atoms. The smallest absolute Gasteiger partial charge is 0.407 e. The van der Waals surface area contributed by atoms with E-state index in [4.69, 9.17) is 9.47 Å². The third kappa shape index (κ3) is 5.80. The van der Waals surface area contributed by atoms with Crippen molar-refractivity contribution in [3.63, 3.8) is 0 Å². The molecule has 0 saturated carbocycles. The molecule has 0 aliphatic heterocycles. The number of amides is 1. The summed E-state index contributed by atoms with van der Waals surface area (Å²) in [7, 11) is 1.53. The fourth-order valence-electron chi connectivity index (χ4n) is 2.28. The molecule has 5 nitrogen and oxygen atoms in total. The molecule has 1 unspecified atom stereocenters. The highest BCUT2D eigenvalue weighted by atomic mass is 19.1. The van der Waals surface area contributed by atoms with E-state index in [1.807, 2.05) is 0 Å². The summed E-state index contributed by atoms with van der Waals surface area (Å²) in [6.07, 6.45) is -0.249. The number of halogens is 1. The number of rotatable bonds is 7. The summed E-state index contributed by atoms with van der Waals surface area (Å²) in [6, 6.07) is 6.22. The number of methoxy groups -OCH3 is 1. The number of aliphatic hydroxyl groups excluding tert-OH is 1. The molecular formula is C17H26FNO4. The third-order valence-electron chi connectivity index (χ3n) is 3.50. The van der Waals surface area contributed by atoms with Gasteiger partial charge < -0.3 is 19.9 Å². The molecule has 6 heteroatoms. The molecule has 0 aliphatic carbocycles. The molecule has 130 valence electrons. The lowest BCUT2D eigenvalue weighted by Gasteiger charge is -2.33. The Hall–Kier alpha value is -1.66. The molecule has 1 atom stereocenters. The van der Waals surface area contributed by atoms with Gasteiger partial charge in [0.2, 0.25) is 0 Å². The monoisotopic (exact) mass is 327 g/mol. The highest BCUT2D eigenvalue weighted by molar-refractivity contribution is 5.67. The van der Waals surface area contributed by atoms with Gasteiger partial charge in [0.1, 0.15) is 11.4 Å². The minimum Gasteiger partial charge on any atom is -0.444 e. The van der Waals surface area contributed by atoms with E-state index >= 15 is 0 Å². The second-order valence-corrected chi connectivity index (χ2v) is 6.52. The molecule has 2 N–H and O–H groups in total. The Bertz CT molecular complexity index is 516. The average molecular weight is 327 g/mol. The van der Waals surface area contributed by atoms with E-state index in [1.165, 1.54) is 13.2 Å². The Labute approximate surface area is 136 Å². The predicted octanol–water partition coefficient (Wildman–Crippen LogP) is 2.62. The van der Waals surface area contributed by atoms with Crippen LogP contribution in [0.15, 0.2) is 24.3 Å². The molecule has 1 aromatic rings. The first-order valence-corrected chi connectivity index (χ1v) is 7.56. The standard InChI is InChI=1S/C17H26FNO4/c1-16(2,3)23-15(21)19-11-17(12-20,9-10-22-4)13-7-5-6-8-14(13)18/h5-8,20H,9-12H2,1-4H3,(H,19,21). The summed E-state index contributed by atoms with van der Waals surface area (Å²) in [5.74, 6) is -0.427. The third-order valence-corrected chi connectivity index (χ3v) is 3.50. The van der Waals surface area contributed by atoms with E-state index < -0.39 is 22.9 Å². The lowest BCUT2D eigenvalue weighted by Crippen LogP contribution is -2.46. The van der Waals surface area contributed by atoms with Gasteiger partial charge in [0, 0.05) is 25.7 Å². The van der Waals surface area contributed by atoms with Crippen LogP contribution in [0.3, 0.4) is 0 Å². The number of alkyl carbamates (subject to hydrolysis) is 1. The number of carbonyl (C=O) groups excluding carboxylic acids is 1. The molecule has 0 heterocycles. The van der Waals surface area contributed by atoms with Gasteiger partial charge in [-0.2, -0.15) is 0 Å². The van der Waals surface area contributed by atoms with Crippen molar-refractivity contribution < 1.29 is 23.8 Å². The summed E-state index contributed by atoms with van der Waals surface area (Å²) >= 11 is 0. The van der Waals surface area contributed by atoms with Gasteiger partial charge in [-0.15, -0.1) is 0 Å². The maximum Gasteiger partial charge on any atom is 0.407 e. The first-order chi connectivity index (χ1) is 10.7. The number of benzene rings is 1. The molecule has 1 rings (SSSR count). The second kappa shape index (κ2) is 8.26. The van der Waals surface area contributed by atoms with Gasteiger partial charge in [-0.1, -0.05) is 18.2 Å². The van der Waals surface area contributed by atoms with Crippen molar-refractivity contribution in [1.29, 1.82) is 0 Å². The van der Waals surface area contributed by atoms with Crippen LogP contribution in [-0.2, 0) is 14.9 Å². The highest BCUT2D eigenvalue weighted by Crippen LogP contribution is 2.29. The van der Waals surface area contributed by atoms with E-state index in [9.17, 15) is 14.3 Å². The molecule has 1 aromatic carbocycles. The van der Waals surface area contributed by atoms with E-state index in [0.29, 0.717) is 18.6 Å². The number of hydrogen-bond donors (Lipinski definition) is 2. The second-order valence-electron chi connectivity index (χ2n) is 6.52. The zero-order valence-corrected chi connectivity index (χ0v) is 14.2. The van der Waals surface area contributed by atoms with Crippen molar-refractivity contribution in [1.82, 2.24) is 5.32 Å². The van der Waals surface area contributed by atoms with Crippen molar-refractivity contribution in [2.24, 2.45) is 0 Å². The minimum absolute atomic E-state index is 0.0444. The van der Waals surface area contributed by atoms with Gasteiger partial charge in [0.25, 0.3) is 0 Å². The Morgan fingerprint density at radius 3 is 2.48 bits per heavy atom. The first-order valence-electron chi connectivity index (χ1n) is 7.56. The van der Waals surface area contributed by atoms with Crippen LogP contribution in [-0.4, -0.2) is 43.7 Å². The van der Waals surface area contributed by atoms with Crippen LogP contribution in [0.4, 0.5) is 9.18 Å². The van der Waals surface area contributed by atoms with Crippen LogP contribution in [0.2, 0.25) is 0 Å². The first kappa shape index (κ1) is 19.4. The van der Waals surface area contributed by atoms with E-state index in [2.05, 4.69) is 5.32 Å². The summed E-state index contributed by atoms with van der Waals surface area (Å²) in [5, 5.41) is 12.5. The van der Waals surface area contributed by atoms with E-state index in [-0.39, 0.29) is 13.2 Å². The topological polar surface area (TPSA) is 67.8 Å². The molecule has 0 spiro atoms. The average Bonchev–Trinajstić information content (AvgIpc) is 2.47. The van der Waals surface area contributed by atoms with Crippen LogP contribution in [0.1, 0.15) is 32.8 Å². The van der Waals surface area contributed by atoms with Crippen molar-refractivity contribution >= 4 is 6.09 Å². The zero-order valence-electron chi connectivity index (χ0n) is 14.2. The fourth-order valence-corrected chi connectivity index (χ4v) is 2.28. The number of carbonyl (C=O) groups is 1. The Morgan fingerprint density at radius 1 is 1.30 bits per heavy atom. The molecule has 0 aliphatic rings. The van der Waals surface area contributed by atoms with E-state index in [1.54, 1.807) is 39.0 Å². The van der Waals surface area contributed by atoms with Crippen molar-refractivity contribution in [3.8, 4) is 0 Å². The summed E-state index contributed by atoms with van der Waals surface area (Å²) in [4.78, 5) is 11.9. The van der Waals surface area contributed by atoms with Crippen LogP contribution in [0.25, 0.3) is 0 Å². The normalized spacial score (nSPS) is 14.2. The summed E-state index contributed by atoms with van der Waals surface area (Å²) in [6.45, 7) is 5.32. The highest BCUT2D eigenvalue weighted by Gasteiger charge is 2.35. The van der Waals surface area contributed by atoms with Gasteiger partial charge in [-0.3, -0.25) is 0 Å². The largest absolute Gasteiger partial charge is 0.444 e. The van der Waals surface area contributed by atoms with Crippen molar-refractivity contribution in [2.75, 3.05) is 26.9 Å². The quantitative estimate of drug-likeness (QED) is 0.808. The van der Waals surface area contributed by atoms with Crippen molar-refractivity contribution in [3.05, 3.63) is 35.6 Å². The van der Waals surface area contributed by atoms with Gasteiger partial charge in [-0.25, -0.2) is 9.18 Å². The fraction of sp³-hybridized carbons (Fsp3) is 0.588. The molecule has 0 aromatic heterocycles. The Morgan fingerprint density at radius 2 is 1.96 bits per heavy atom. The van der Waals surface area contributed by atoms with Gasteiger partial charge in [0.15, 0.2) is 0 Å². The predicted molar refractivity (Wildman–Crippen MR) is 85.9 cm³/mol. The van der Waals surface area contributed by atoms with Crippen LogP contribution >= 0.6 is 0 Å².